The highest BCUT2D eigenvalue weighted by atomic mass is 16.5. The van der Waals surface area contributed by atoms with Crippen LogP contribution in [-0.4, -0.2) is 36.2 Å². The van der Waals surface area contributed by atoms with Gasteiger partial charge in [-0.2, -0.15) is 0 Å². The fourth-order valence-electron chi connectivity index (χ4n) is 3.06. The molecule has 1 N–H and O–H groups in total. The molecule has 0 atom stereocenters. The van der Waals surface area contributed by atoms with E-state index in [0.717, 1.165) is 22.5 Å². The van der Waals surface area contributed by atoms with E-state index >= 15 is 0 Å². The van der Waals surface area contributed by atoms with E-state index in [1.807, 2.05) is 45.2 Å². The summed E-state index contributed by atoms with van der Waals surface area (Å²) in [7, 11) is 5.24. The third-order valence-corrected chi connectivity index (χ3v) is 5.06. The van der Waals surface area contributed by atoms with Gasteiger partial charge in [0.05, 0.1) is 14.2 Å². The molecule has 2 heterocycles. The number of aryl methyl sites for hydroxylation is 2. The molecule has 0 aliphatic rings. The van der Waals surface area contributed by atoms with Crippen LogP contribution in [0.5, 0.6) is 11.5 Å². The molecule has 0 unspecified atom stereocenters. The summed E-state index contributed by atoms with van der Waals surface area (Å²) in [5, 5.41) is 0. The van der Waals surface area contributed by atoms with Crippen LogP contribution in [0.25, 0.3) is 11.4 Å². The van der Waals surface area contributed by atoms with Gasteiger partial charge in [-0.25, -0.2) is 9.97 Å². The Balaban J connectivity index is 1.83. The number of ether oxygens (including phenoxy) is 2. The topological polar surface area (TPSA) is 80.3 Å². The van der Waals surface area contributed by atoms with E-state index in [1.54, 1.807) is 27.3 Å². The van der Waals surface area contributed by atoms with Crippen molar-refractivity contribution in [1.29, 1.82) is 0 Å². The Labute approximate surface area is 170 Å². The van der Waals surface area contributed by atoms with Gasteiger partial charge in [0.1, 0.15) is 11.6 Å². The van der Waals surface area contributed by atoms with E-state index in [0.29, 0.717) is 35.1 Å². The Bertz CT molecular complexity index is 1070. The Morgan fingerprint density at radius 2 is 1.76 bits per heavy atom. The number of benzene rings is 1. The molecule has 0 bridgehead atoms. The van der Waals surface area contributed by atoms with Gasteiger partial charge in [0.15, 0.2) is 11.5 Å². The molecule has 0 fully saturated rings. The SMILES string of the molecule is COc1cc(C)c(CN(C)c2ccc(-c3nc(C)c(C)c(=O)[nH]3)cn2)cc1OC. The molecule has 0 amide bonds. The monoisotopic (exact) mass is 394 g/mol. The van der Waals surface area contributed by atoms with Crippen molar-refractivity contribution in [2.75, 3.05) is 26.2 Å². The van der Waals surface area contributed by atoms with Crippen LogP contribution < -0.4 is 19.9 Å². The average molecular weight is 394 g/mol. The Kier molecular flexibility index (Phi) is 5.87. The first-order valence-electron chi connectivity index (χ1n) is 9.30. The zero-order chi connectivity index (χ0) is 21.1. The van der Waals surface area contributed by atoms with Gasteiger partial charge in [-0.1, -0.05) is 0 Å². The molecule has 7 heteroatoms. The number of methoxy groups -OCH3 is 2. The normalized spacial score (nSPS) is 10.7. The van der Waals surface area contributed by atoms with Crippen LogP contribution >= 0.6 is 0 Å². The number of hydrogen-bond acceptors (Lipinski definition) is 6. The quantitative estimate of drug-likeness (QED) is 0.690. The first-order chi connectivity index (χ1) is 13.8. The van der Waals surface area contributed by atoms with E-state index in [2.05, 4.69) is 19.9 Å². The summed E-state index contributed by atoms with van der Waals surface area (Å²) in [5.41, 5.74) is 4.22. The number of hydrogen-bond donors (Lipinski definition) is 1. The molecule has 2 aromatic heterocycles. The summed E-state index contributed by atoms with van der Waals surface area (Å²) in [6.07, 6.45) is 1.72. The number of aromatic nitrogens is 3. The maximum Gasteiger partial charge on any atom is 0.254 e. The molecule has 29 heavy (non-hydrogen) atoms. The second-order valence-corrected chi connectivity index (χ2v) is 7.02. The predicted octanol–water partition coefficient (Wildman–Crippen LogP) is 3.41. The van der Waals surface area contributed by atoms with Crippen molar-refractivity contribution in [2.45, 2.75) is 27.3 Å². The molecule has 0 spiro atoms. The summed E-state index contributed by atoms with van der Waals surface area (Å²) >= 11 is 0. The van der Waals surface area contributed by atoms with Crippen molar-refractivity contribution in [3.05, 3.63) is 63.2 Å². The van der Waals surface area contributed by atoms with E-state index in [-0.39, 0.29) is 5.56 Å². The molecule has 0 radical (unpaired) electrons. The van der Waals surface area contributed by atoms with Gasteiger partial charge in [-0.15, -0.1) is 0 Å². The van der Waals surface area contributed by atoms with Crippen LogP contribution in [-0.2, 0) is 6.54 Å². The number of anilines is 1. The first kappa shape index (κ1) is 20.4. The zero-order valence-electron chi connectivity index (χ0n) is 17.7. The minimum Gasteiger partial charge on any atom is -0.493 e. The van der Waals surface area contributed by atoms with Gasteiger partial charge in [0.25, 0.3) is 5.56 Å². The maximum absolute atomic E-state index is 12.0. The highest BCUT2D eigenvalue weighted by molar-refractivity contribution is 5.57. The number of aromatic amines is 1. The molecule has 0 aliphatic heterocycles. The standard InChI is InChI=1S/C22H26N4O3/c1-13-9-18(28-5)19(29-6)10-17(13)12-26(4)20-8-7-16(11-23-20)21-24-15(3)14(2)22(27)25-21/h7-11H,12H2,1-6H3,(H,24,25,27). The molecule has 0 saturated carbocycles. The van der Waals surface area contributed by atoms with E-state index < -0.39 is 0 Å². The Morgan fingerprint density at radius 1 is 1.07 bits per heavy atom. The van der Waals surface area contributed by atoms with Crippen molar-refractivity contribution in [3.63, 3.8) is 0 Å². The smallest absolute Gasteiger partial charge is 0.254 e. The maximum atomic E-state index is 12.0. The summed E-state index contributed by atoms with van der Waals surface area (Å²) in [6.45, 7) is 6.30. The molecule has 1 aromatic carbocycles. The summed E-state index contributed by atoms with van der Waals surface area (Å²) in [4.78, 5) is 25.9. The van der Waals surface area contributed by atoms with Gasteiger partial charge in [0, 0.05) is 36.6 Å². The van der Waals surface area contributed by atoms with Crippen molar-refractivity contribution >= 4 is 5.82 Å². The molecule has 7 nitrogen and oxygen atoms in total. The lowest BCUT2D eigenvalue weighted by Crippen LogP contribution is -2.18. The van der Waals surface area contributed by atoms with Crippen LogP contribution in [0.1, 0.15) is 22.4 Å². The van der Waals surface area contributed by atoms with Crippen molar-refractivity contribution in [2.24, 2.45) is 0 Å². The number of rotatable bonds is 6. The van der Waals surface area contributed by atoms with Crippen LogP contribution in [0.3, 0.4) is 0 Å². The van der Waals surface area contributed by atoms with Gasteiger partial charge in [-0.3, -0.25) is 4.79 Å². The lowest BCUT2D eigenvalue weighted by molar-refractivity contribution is 0.354. The lowest BCUT2D eigenvalue weighted by Gasteiger charge is -2.21. The number of nitrogens with zero attached hydrogens (tertiary/aromatic N) is 3. The Morgan fingerprint density at radius 3 is 2.34 bits per heavy atom. The minimum atomic E-state index is -0.127. The minimum absolute atomic E-state index is 0.127. The molecule has 0 aliphatic carbocycles. The third-order valence-electron chi connectivity index (χ3n) is 5.06. The molecule has 3 rings (SSSR count). The summed E-state index contributed by atoms with van der Waals surface area (Å²) in [6, 6.07) is 7.79. The molecular formula is C22H26N4O3. The zero-order valence-corrected chi connectivity index (χ0v) is 17.7. The van der Waals surface area contributed by atoms with Gasteiger partial charge >= 0.3 is 0 Å². The second kappa shape index (κ2) is 8.34. The lowest BCUT2D eigenvalue weighted by atomic mass is 10.1. The highest BCUT2D eigenvalue weighted by Crippen LogP contribution is 2.31. The third kappa shape index (κ3) is 4.23. The van der Waals surface area contributed by atoms with Crippen molar-refractivity contribution < 1.29 is 9.47 Å². The number of pyridine rings is 1. The molecule has 3 aromatic rings. The van der Waals surface area contributed by atoms with Gasteiger partial charge < -0.3 is 19.4 Å². The van der Waals surface area contributed by atoms with E-state index in [4.69, 9.17) is 9.47 Å². The van der Waals surface area contributed by atoms with Crippen LogP contribution in [0, 0.1) is 20.8 Å². The summed E-state index contributed by atoms with van der Waals surface area (Å²) < 4.78 is 10.8. The molecular weight excluding hydrogens is 368 g/mol. The number of H-pyrrole nitrogens is 1. The first-order valence-corrected chi connectivity index (χ1v) is 9.30. The van der Waals surface area contributed by atoms with Crippen LogP contribution in [0.4, 0.5) is 5.82 Å². The second-order valence-electron chi connectivity index (χ2n) is 7.02. The van der Waals surface area contributed by atoms with Crippen molar-refractivity contribution in [3.8, 4) is 22.9 Å². The van der Waals surface area contributed by atoms with E-state index in [9.17, 15) is 4.79 Å². The van der Waals surface area contributed by atoms with Crippen molar-refractivity contribution in [1.82, 2.24) is 15.0 Å². The van der Waals surface area contributed by atoms with Crippen LogP contribution in [0.2, 0.25) is 0 Å². The van der Waals surface area contributed by atoms with Gasteiger partial charge in [-0.05, 0) is 56.2 Å². The fourth-order valence-corrected chi connectivity index (χ4v) is 3.06. The van der Waals surface area contributed by atoms with E-state index in [1.165, 1.54) is 0 Å². The highest BCUT2D eigenvalue weighted by Gasteiger charge is 2.12. The van der Waals surface area contributed by atoms with Gasteiger partial charge in [0.2, 0.25) is 0 Å². The fraction of sp³-hybridized carbons (Fsp3) is 0.318. The predicted molar refractivity (Wildman–Crippen MR) is 114 cm³/mol. The Hall–Kier alpha value is -3.35. The number of nitrogens with one attached hydrogen (secondary N) is 1. The molecule has 0 saturated heterocycles. The molecule has 152 valence electrons. The average Bonchev–Trinajstić information content (AvgIpc) is 2.72. The van der Waals surface area contributed by atoms with Crippen LogP contribution in [0.15, 0.2) is 35.3 Å². The summed E-state index contributed by atoms with van der Waals surface area (Å²) in [5.74, 6) is 2.76. The largest absolute Gasteiger partial charge is 0.493 e.